The molecule has 5 heteroatoms. The average molecular weight is 325 g/mol. The Balaban J connectivity index is 0.00000176. The van der Waals surface area contributed by atoms with Crippen molar-refractivity contribution in [3.05, 3.63) is 29.8 Å². The molecule has 1 aromatic carbocycles. The lowest BCUT2D eigenvalue weighted by atomic mass is 9.86. The third-order valence-electron chi connectivity index (χ3n) is 4.66. The fourth-order valence-electron chi connectivity index (χ4n) is 3.50. The molecule has 0 saturated heterocycles. The second-order valence-corrected chi connectivity index (χ2v) is 6.27. The van der Waals surface area contributed by atoms with Gasteiger partial charge in [0.15, 0.2) is 0 Å². The predicted octanol–water partition coefficient (Wildman–Crippen LogP) is 2.61. The van der Waals surface area contributed by atoms with Crippen molar-refractivity contribution in [3.8, 4) is 5.75 Å². The number of halogens is 1. The lowest BCUT2D eigenvalue weighted by Gasteiger charge is -2.29. The molecule has 4 nitrogen and oxygen atoms in total. The number of carbonyl (C=O) groups is 1. The van der Waals surface area contributed by atoms with Gasteiger partial charge in [0.2, 0.25) is 5.91 Å². The molecule has 3 atom stereocenters. The van der Waals surface area contributed by atoms with Crippen LogP contribution in [-0.2, 0) is 4.79 Å². The van der Waals surface area contributed by atoms with E-state index >= 15 is 0 Å². The number of nitrogens with two attached hydrogens (primary N) is 1. The van der Waals surface area contributed by atoms with Crippen LogP contribution in [0.3, 0.4) is 0 Å². The van der Waals surface area contributed by atoms with Crippen molar-refractivity contribution in [3.63, 3.8) is 0 Å². The summed E-state index contributed by atoms with van der Waals surface area (Å²) in [4.78, 5) is 12.5. The molecule has 22 heavy (non-hydrogen) atoms. The van der Waals surface area contributed by atoms with Gasteiger partial charge in [-0.3, -0.25) is 4.79 Å². The Morgan fingerprint density at radius 1 is 1.27 bits per heavy atom. The number of hydrogen-bond donors (Lipinski definition) is 2. The molecular weight excluding hydrogens is 300 g/mol. The average Bonchev–Trinajstić information content (AvgIpc) is 2.52. The van der Waals surface area contributed by atoms with E-state index in [4.69, 9.17) is 10.5 Å². The quantitative estimate of drug-likeness (QED) is 0.898. The topological polar surface area (TPSA) is 64.3 Å². The number of rotatable bonds is 3. The first-order valence-corrected chi connectivity index (χ1v) is 7.99. The van der Waals surface area contributed by atoms with Crippen molar-refractivity contribution in [1.82, 2.24) is 5.32 Å². The monoisotopic (exact) mass is 324 g/mol. The number of para-hydroxylation sites is 1. The summed E-state index contributed by atoms with van der Waals surface area (Å²) >= 11 is 0. The summed E-state index contributed by atoms with van der Waals surface area (Å²) in [7, 11) is 0. The zero-order valence-corrected chi connectivity index (χ0v) is 13.6. The molecule has 0 spiro atoms. The van der Waals surface area contributed by atoms with E-state index in [9.17, 15) is 4.79 Å². The summed E-state index contributed by atoms with van der Waals surface area (Å²) in [6, 6.07) is 8.16. The molecule has 3 unspecified atom stereocenters. The van der Waals surface area contributed by atoms with Gasteiger partial charge in [-0.1, -0.05) is 24.6 Å². The molecule has 2 aliphatic rings. The molecular formula is C17H25ClN2O2. The van der Waals surface area contributed by atoms with Crippen LogP contribution in [0.15, 0.2) is 24.3 Å². The number of hydrogen-bond acceptors (Lipinski definition) is 3. The summed E-state index contributed by atoms with van der Waals surface area (Å²) in [5, 5.41) is 3.13. The Bertz CT molecular complexity index is 509. The molecule has 1 aliphatic carbocycles. The molecule has 1 fully saturated rings. The van der Waals surface area contributed by atoms with Crippen molar-refractivity contribution in [1.29, 1.82) is 0 Å². The molecule has 1 heterocycles. The highest BCUT2D eigenvalue weighted by Crippen LogP contribution is 2.33. The summed E-state index contributed by atoms with van der Waals surface area (Å²) in [5.74, 6) is 1.44. The fourth-order valence-corrected chi connectivity index (χ4v) is 3.50. The van der Waals surface area contributed by atoms with Crippen molar-refractivity contribution in [2.45, 2.75) is 44.1 Å². The van der Waals surface area contributed by atoms with Crippen LogP contribution in [0.25, 0.3) is 0 Å². The van der Waals surface area contributed by atoms with Crippen LogP contribution in [0.4, 0.5) is 0 Å². The Kier molecular flexibility index (Phi) is 6.09. The molecule has 122 valence electrons. The number of fused-ring (bicyclic) bond motifs is 1. The molecule has 1 aliphatic heterocycles. The second kappa shape index (κ2) is 7.84. The van der Waals surface area contributed by atoms with E-state index in [2.05, 4.69) is 5.32 Å². The van der Waals surface area contributed by atoms with Gasteiger partial charge in [0.25, 0.3) is 0 Å². The third-order valence-corrected chi connectivity index (χ3v) is 4.66. The van der Waals surface area contributed by atoms with Crippen LogP contribution >= 0.6 is 12.4 Å². The molecule has 1 amide bonds. The molecule has 0 bridgehead atoms. The number of nitrogens with one attached hydrogen (secondary N) is 1. The van der Waals surface area contributed by atoms with Crippen LogP contribution in [0.2, 0.25) is 0 Å². The summed E-state index contributed by atoms with van der Waals surface area (Å²) < 4.78 is 5.62. The van der Waals surface area contributed by atoms with Gasteiger partial charge in [-0.25, -0.2) is 0 Å². The Morgan fingerprint density at radius 2 is 2.09 bits per heavy atom. The van der Waals surface area contributed by atoms with Gasteiger partial charge in [-0.2, -0.15) is 0 Å². The van der Waals surface area contributed by atoms with E-state index in [0.29, 0.717) is 18.6 Å². The maximum absolute atomic E-state index is 12.5. The summed E-state index contributed by atoms with van der Waals surface area (Å²) in [5.41, 5.74) is 7.02. The zero-order valence-electron chi connectivity index (χ0n) is 12.8. The minimum Gasteiger partial charge on any atom is -0.493 e. The predicted molar refractivity (Wildman–Crippen MR) is 89.5 cm³/mol. The second-order valence-electron chi connectivity index (χ2n) is 6.27. The van der Waals surface area contributed by atoms with Crippen molar-refractivity contribution in [2.75, 3.05) is 13.2 Å². The first-order chi connectivity index (χ1) is 10.2. The van der Waals surface area contributed by atoms with E-state index < -0.39 is 0 Å². The van der Waals surface area contributed by atoms with Gasteiger partial charge in [0, 0.05) is 18.2 Å². The Labute approximate surface area is 138 Å². The van der Waals surface area contributed by atoms with Gasteiger partial charge >= 0.3 is 0 Å². The highest BCUT2D eigenvalue weighted by molar-refractivity contribution is 5.85. The molecule has 0 aromatic heterocycles. The van der Waals surface area contributed by atoms with E-state index in [1.807, 2.05) is 24.3 Å². The van der Waals surface area contributed by atoms with Gasteiger partial charge in [-0.15, -0.1) is 12.4 Å². The number of amides is 1. The summed E-state index contributed by atoms with van der Waals surface area (Å²) in [6.07, 6.45) is 5.27. The van der Waals surface area contributed by atoms with E-state index in [1.165, 1.54) is 12.8 Å². The normalized spacial score (nSPS) is 27.0. The van der Waals surface area contributed by atoms with E-state index in [0.717, 1.165) is 37.1 Å². The van der Waals surface area contributed by atoms with Crippen LogP contribution in [0, 0.1) is 5.92 Å². The molecule has 3 N–H and O–H groups in total. The fraction of sp³-hybridized carbons (Fsp3) is 0.588. The molecule has 0 radical (unpaired) electrons. The highest BCUT2D eigenvalue weighted by atomic mass is 35.5. The van der Waals surface area contributed by atoms with Gasteiger partial charge in [0.1, 0.15) is 5.75 Å². The third kappa shape index (κ3) is 3.93. The number of benzene rings is 1. The van der Waals surface area contributed by atoms with Gasteiger partial charge < -0.3 is 15.8 Å². The zero-order chi connectivity index (χ0) is 14.7. The maximum atomic E-state index is 12.5. The van der Waals surface area contributed by atoms with Crippen molar-refractivity contribution >= 4 is 18.3 Å². The standard InChI is InChI=1S/C17H24N2O2.ClH/c18-13-5-3-4-12(10-13)11-19-17(20)15-8-9-21-16-7-2-1-6-14(15)16;/h1-2,6-7,12-13,15H,3-5,8-11,18H2,(H,19,20);1H. The maximum Gasteiger partial charge on any atom is 0.227 e. The Morgan fingerprint density at radius 3 is 2.91 bits per heavy atom. The lowest BCUT2D eigenvalue weighted by molar-refractivity contribution is -0.123. The van der Waals surface area contributed by atoms with Gasteiger partial charge in [0.05, 0.1) is 12.5 Å². The van der Waals surface area contributed by atoms with Crippen molar-refractivity contribution in [2.24, 2.45) is 11.7 Å². The molecule has 3 rings (SSSR count). The van der Waals surface area contributed by atoms with Crippen LogP contribution in [0.1, 0.15) is 43.6 Å². The highest BCUT2D eigenvalue weighted by Gasteiger charge is 2.28. The summed E-state index contributed by atoms with van der Waals surface area (Å²) in [6.45, 7) is 1.37. The van der Waals surface area contributed by atoms with E-state index in [1.54, 1.807) is 0 Å². The minimum atomic E-state index is -0.0767. The SMILES string of the molecule is Cl.NC1CCCC(CNC(=O)C2CCOc3ccccc32)C1. The van der Waals surface area contributed by atoms with Gasteiger partial charge in [-0.05, 0) is 37.7 Å². The van der Waals surface area contributed by atoms with Crippen LogP contribution in [0.5, 0.6) is 5.75 Å². The first-order valence-electron chi connectivity index (χ1n) is 7.99. The lowest BCUT2D eigenvalue weighted by Crippen LogP contribution is -2.38. The first kappa shape index (κ1) is 17.1. The largest absolute Gasteiger partial charge is 0.493 e. The van der Waals surface area contributed by atoms with Crippen LogP contribution in [-0.4, -0.2) is 25.1 Å². The minimum absolute atomic E-state index is 0. The van der Waals surface area contributed by atoms with Crippen LogP contribution < -0.4 is 15.8 Å². The molecule has 1 saturated carbocycles. The smallest absolute Gasteiger partial charge is 0.227 e. The molecule has 1 aromatic rings. The van der Waals surface area contributed by atoms with Crippen molar-refractivity contribution < 1.29 is 9.53 Å². The number of ether oxygens (including phenoxy) is 1. The van der Waals surface area contributed by atoms with E-state index in [-0.39, 0.29) is 24.2 Å². The Hall–Kier alpha value is -1.26. The number of carbonyl (C=O) groups excluding carboxylic acids is 1.